The molecule has 0 radical (unpaired) electrons. The molecule has 0 aliphatic carbocycles. The van der Waals surface area contributed by atoms with Gasteiger partial charge in [0.25, 0.3) is 0 Å². The van der Waals surface area contributed by atoms with Gasteiger partial charge >= 0.3 is 0 Å². The first-order valence-corrected chi connectivity index (χ1v) is 7.24. The first kappa shape index (κ1) is 14.5. The van der Waals surface area contributed by atoms with E-state index in [0.717, 1.165) is 19.4 Å². The molecule has 0 amide bonds. The lowest BCUT2D eigenvalue weighted by Gasteiger charge is -2.16. The number of nitrogens with one attached hydrogen (secondary N) is 1. The van der Waals surface area contributed by atoms with Gasteiger partial charge < -0.3 is 14.8 Å². The molecule has 1 aliphatic rings. The van der Waals surface area contributed by atoms with Gasteiger partial charge in [0.05, 0.1) is 25.4 Å². The van der Waals surface area contributed by atoms with E-state index in [1.54, 1.807) is 0 Å². The van der Waals surface area contributed by atoms with Crippen LogP contribution in [-0.2, 0) is 16.1 Å². The summed E-state index contributed by atoms with van der Waals surface area (Å²) in [4.78, 5) is 0. The lowest BCUT2D eigenvalue weighted by molar-refractivity contribution is -0.0194. The normalized spacial score (nSPS) is 23.1. The molecule has 1 saturated heterocycles. The second kappa shape index (κ2) is 7.63. The Morgan fingerprint density at radius 1 is 1.21 bits per heavy atom. The molecule has 2 atom stereocenters. The van der Waals surface area contributed by atoms with Crippen molar-refractivity contribution in [2.75, 3.05) is 13.2 Å². The largest absolute Gasteiger partial charge is 0.374 e. The average Bonchev–Trinajstić information content (AvgIpc) is 2.86. The lowest BCUT2D eigenvalue weighted by atomic mass is 10.2. The quantitative estimate of drug-likeness (QED) is 0.820. The fourth-order valence-corrected chi connectivity index (χ4v) is 2.30. The van der Waals surface area contributed by atoms with E-state index in [9.17, 15) is 0 Å². The Morgan fingerprint density at radius 3 is 2.68 bits per heavy atom. The molecule has 0 saturated carbocycles. The Kier molecular flexibility index (Phi) is 5.83. The third kappa shape index (κ3) is 5.31. The van der Waals surface area contributed by atoms with Gasteiger partial charge in [0.15, 0.2) is 0 Å². The number of ether oxygens (including phenoxy) is 2. The smallest absolute Gasteiger partial charge is 0.0814 e. The van der Waals surface area contributed by atoms with Crippen LogP contribution in [0.4, 0.5) is 0 Å². The second-order valence-electron chi connectivity index (χ2n) is 5.52. The highest BCUT2D eigenvalue weighted by atomic mass is 16.5. The Hall–Kier alpha value is -0.900. The van der Waals surface area contributed by atoms with E-state index in [1.807, 2.05) is 18.2 Å². The molecule has 3 nitrogen and oxygen atoms in total. The molecule has 1 aromatic rings. The first-order valence-electron chi connectivity index (χ1n) is 7.24. The van der Waals surface area contributed by atoms with E-state index < -0.39 is 0 Å². The average molecular weight is 263 g/mol. The summed E-state index contributed by atoms with van der Waals surface area (Å²) in [7, 11) is 0. The monoisotopic (exact) mass is 263 g/mol. The Labute approximate surface area is 116 Å². The minimum atomic E-state index is 0.266. The van der Waals surface area contributed by atoms with Crippen molar-refractivity contribution < 1.29 is 9.47 Å². The first-order chi connectivity index (χ1) is 9.24. The molecule has 2 unspecified atom stereocenters. The van der Waals surface area contributed by atoms with Crippen molar-refractivity contribution >= 4 is 0 Å². The summed E-state index contributed by atoms with van der Waals surface area (Å²) >= 11 is 0. The van der Waals surface area contributed by atoms with Gasteiger partial charge in [-0.05, 0) is 18.4 Å². The molecular weight excluding hydrogens is 238 g/mol. The predicted molar refractivity (Wildman–Crippen MR) is 77.1 cm³/mol. The lowest BCUT2D eigenvalue weighted by Crippen LogP contribution is -2.32. The minimum Gasteiger partial charge on any atom is -0.374 e. The predicted octanol–water partition coefficient (Wildman–Crippen LogP) is 2.75. The van der Waals surface area contributed by atoms with Crippen molar-refractivity contribution in [3.05, 3.63) is 35.9 Å². The van der Waals surface area contributed by atoms with Crippen molar-refractivity contribution in [2.45, 2.75) is 51.5 Å². The van der Waals surface area contributed by atoms with E-state index in [2.05, 4.69) is 31.3 Å². The van der Waals surface area contributed by atoms with Gasteiger partial charge in [-0.15, -0.1) is 0 Å². The molecule has 0 spiro atoms. The summed E-state index contributed by atoms with van der Waals surface area (Å²) in [5.74, 6) is 0. The molecular formula is C16H25NO2. The number of rotatable bonds is 7. The highest BCUT2D eigenvalue weighted by molar-refractivity contribution is 5.13. The summed E-state index contributed by atoms with van der Waals surface area (Å²) in [5.41, 5.74) is 1.22. The molecule has 1 fully saturated rings. The Bertz CT molecular complexity index is 353. The molecule has 1 N–H and O–H groups in total. The Morgan fingerprint density at radius 2 is 1.95 bits per heavy atom. The van der Waals surface area contributed by atoms with Crippen LogP contribution < -0.4 is 5.32 Å². The number of hydrogen-bond acceptors (Lipinski definition) is 3. The van der Waals surface area contributed by atoms with Crippen molar-refractivity contribution in [3.8, 4) is 0 Å². The third-order valence-corrected chi connectivity index (χ3v) is 3.36. The van der Waals surface area contributed by atoms with Crippen LogP contribution >= 0.6 is 0 Å². The van der Waals surface area contributed by atoms with Crippen LogP contribution in [0.3, 0.4) is 0 Å². The number of hydrogen-bond donors (Lipinski definition) is 1. The van der Waals surface area contributed by atoms with Gasteiger partial charge in [-0.1, -0.05) is 44.2 Å². The molecule has 2 rings (SSSR count). The van der Waals surface area contributed by atoms with E-state index in [4.69, 9.17) is 9.47 Å². The molecule has 0 bridgehead atoms. The van der Waals surface area contributed by atoms with Crippen molar-refractivity contribution in [1.82, 2.24) is 5.32 Å². The van der Waals surface area contributed by atoms with Crippen LogP contribution in [0.2, 0.25) is 0 Å². The van der Waals surface area contributed by atoms with Gasteiger partial charge in [-0.25, -0.2) is 0 Å². The van der Waals surface area contributed by atoms with E-state index >= 15 is 0 Å². The Balaban J connectivity index is 1.60. The summed E-state index contributed by atoms with van der Waals surface area (Å²) in [6.45, 7) is 6.65. The van der Waals surface area contributed by atoms with E-state index in [0.29, 0.717) is 25.4 Å². The maximum Gasteiger partial charge on any atom is 0.0814 e. The van der Waals surface area contributed by atoms with Gasteiger partial charge in [0.1, 0.15) is 0 Å². The highest BCUT2D eigenvalue weighted by Crippen LogP contribution is 2.19. The summed E-state index contributed by atoms with van der Waals surface area (Å²) in [5, 5.41) is 3.42. The van der Waals surface area contributed by atoms with Crippen LogP contribution in [0.5, 0.6) is 0 Å². The van der Waals surface area contributed by atoms with E-state index in [1.165, 1.54) is 5.56 Å². The summed E-state index contributed by atoms with van der Waals surface area (Å²) in [6.07, 6.45) is 2.87. The zero-order valence-corrected chi connectivity index (χ0v) is 12.0. The fraction of sp³-hybridized carbons (Fsp3) is 0.625. The van der Waals surface area contributed by atoms with Gasteiger partial charge in [0, 0.05) is 12.6 Å². The number of benzene rings is 1. The highest BCUT2D eigenvalue weighted by Gasteiger charge is 2.25. The second-order valence-corrected chi connectivity index (χ2v) is 5.52. The summed E-state index contributed by atoms with van der Waals surface area (Å²) < 4.78 is 11.7. The molecule has 1 aromatic carbocycles. The maximum atomic E-state index is 5.96. The standard InChI is InChI=1S/C16H25NO2/c1-13(2)17-10-15-8-9-16(19-15)12-18-11-14-6-4-3-5-7-14/h3-7,13,15-17H,8-12H2,1-2H3. The molecule has 106 valence electrons. The molecule has 19 heavy (non-hydrogen) atoms. The topological polar surface area (TPSA) is 30.5 Å². The molecule has 1 aliphatic heterocycles. The van der Waals surface area contributed by atoms with Crippen molar-refractivity contribution in [3.63, 3.8) is 0 Å². The van der Waals surface area contributed by atoms with Crippen LogP contribution in [-0.4, -0.2) is 31.4 Å². The zero-order valence-electron chi connectivity index (χ0n) is 12.0. The molecule has 1 heterocycles. The molecule has 3 heteroatoms. The maximum absolute atomic E-state index is 5.96. The minimum absolute atomic E-state index is 0.266. The molecule has 0 aromatic heterocycles. The van der Waals surface area contributed by atoms with Crippen LogP contribution in [0.25, 0.3) is 0 Å². The fourth-order valence-electron chi connectivity index (χ4n) is 2.30. The van der Waals surface area contributed by atoms with Crippen LogP contribution in [0.15, 0.2) is 30.3 Å². The third-order valence-electron chi connectivity index (χ3n) is 3.36. The van der Waals surface area contributed by atoms with Crippen molar-refractivity contribution in [1.29, 1.82) is 0 Å². The van der Waals surface area contributed by atoms with Crippen LogP contribution in [0.1, 0.15) is 32.3 Å². The van der Waals surface area contributed by atoms with Gasteiger partial charge in [0.2, 0.25) is 0 Å². The van der Waals surface area contributed by atoms with E-state index in [-0.39, 0.29) is 6.10 Å². The summed E-state index contributed by atoms with van der Waals surface area (Å²) in [6, 6.07) is 10.8. The van der Waals surface area contributed by atoms with Gasteiger partial charge in [-0.2, -0.15) is 0 Å². The van der Waals surface area contributed by atoms with Crippen LogP contribution in [0, 0.1) is 0 Å². The zero-order chi connectivity index (χ0) is 13.5. The van der Waals surface area contributed by atoms with Crippen molar-refractivity contribution in [2.24, 2.45) is 0 Å². The SMILES string of the molecule is CC(C)NCC1CCC(COCc2ccccc2)O1. The van der Waals surface area contributed by atoms with Gasteiger partial charge in [-0.3, -0.25) is 0 Å².